The Balaban J connectivity index is 1.26. The molecule has 0 aliphatic carbocycles. The number of carbonyl (C=O) groups excluding carboxylic acids is 4. The van der Waals surface area contributed by atoms with Crippen LogP contribution < -0.4 is 14.8 Å². The van der Waals surface area contributed by atoms with E-state index >= 15 is 0 Å². The molecule has 0 radical (unpaired) electrons. The van der Waals surface area contributed by atoms with Gasteiger partial charge in [0.05, 0.1) is 5.69 Å². The van der Waals surface area contributed by atoms with E-state index in [4.69, 9.17) is 14.2 Å². The molecular weight excluding hydrogens is 426 g/mol. The van der Waals surface area contributed by atoms with E-state index in [2.05, 4.69) is 5.32 Å². The Hall–Kier alpha value is -4.46. The molecule has 3 aromatic carbocycles. The highest BCUT2D eigenvalue weighted by Crippen LogP contribution is 2.28. The number of esters is 1. The summed E-state index contributed by atoms with van der Waals surface area (Å²) in [6.45, 7) is -0.947. The van der Waals surface area contributed by atoms with E-state index in [1.54, 1.807) is 54.6 Å². The first kappa shape index (κ1) is 21.8. The van der Waals surface area contributed by atoms with Crippen molar-refractivity contribution in [2.45, 2.75) is 0 Å². The molecule has 8 heteroatoms. The predicted molar refractivity (Wildman–Crippen MR) is 118 cm³/mol. The van der Waals surface area contributed by atoms with Gasteiger partial charge in [-0.2, -0.15) is 0 Å². The number of amides is 1. The zero-order valence-corrected chi connectivity index (χ0v) is 17.4. The minimum atomic E-state index is -0.720. The molecule has 0 bridgehead atoms. The number of hydrogen-bond donors (Lipinski definition) is 1. The third-order valence-electron chi connectivity index (χ3n) is 4.81. The monoisotopic (exact) mass is 445 g/mol. The molecule has 0 saturated heterocycles. The Bertz CT molecular complexity index is 1200. The average Bonchev–Trinajstić information content (AvgIpc) is 2.86. The molecule has 0 unspecified atom stereocenters. The maximum Gasteiger partial charge on any atom is 0.344 e. The van der Waals surface area contributed by atoms with E-state index in [9.17, 15) is 19.2 Å². The molecule has 1 N–H and O–H groups in total. The Labute approximate surface area is 189 Å². The first-order valence-electron chi connectivity index (χ1n) is 10.1. The topological polar surface area (TPSA) is 108 Å². The van der Waals surface area contributed by atoms with Crippen LogP contribution in [0.5, 0.6) is 11.5 Å². The molecule has 3 aromatic rings. The predicted octanol–water partition coefficient (Wildman–Crippen LogP) is 3.05. The lowest BCUT2D eigenvalue weighted by Crippen LogP contribution is -2.25. The third-order valence-corrected chi connectivity index (χ3v) is 4.81. The van der Waals surface area contributed by atoms with E-state index < -0.39 is 25.0 Å². The van der Waals surface area contributed by atoms with Crippen LogP contribution in [-0.4, -0.2) is 43.3 Å². The number of ketones is 2. The maximum atomic E-state index is 12.4. The van der Waals surface area contributed by atoms with Crippen molar-refractivity contribution in [2.24, 2.45) is 0 Å². The van der Waals surface area contributed by atoms with Crippen molar-refractivity contribution in [3.05, 3.63) is 89.5 Å². The minimum absolute atomic E-state index is 0.0794. The first-order chi connectivity index (χ1) is 16.0. The lowest BCUT2D eigenvalue weighted by atomic mass is 10.0. The van der Waals surface area contributed by atoms with Gasteiger partial charge in [0.1, 0.15) is 11.5 Å². The summed E-state index contributed by atoms with van der Waals surface area (Å²) in [5.74, 6) is -0.736. The van der Waals surface area contributed by atoms with Crippen LogP contribution in [0.25, 0.3) is 0 Å². The summed E-state index contributed by atoms with van der Waals surface area (Å²) in [5.41, 5.74) is 1.73. The molecule has 1 amide bonds. The van der Waals surface area contributed by atoms with Gasteiger partial charge < -0.3 is 19.5 Å². The summed E-state index contributed by atoms with van der Waals surface area (Å²) in [6, 6.07) is 19.8. The molecule has 0 aromatic heterocycles. The number of fused-ring (bicyclic) bond motifs is 1. The van der Waals surface area contributed by atoms with Crippen molar-refractivity contribution in [3.63, 3.8) is 0 Å². The van der Waals surface area contributed by atoms with Gasteiger partial charge in [0.2, 0.25) is 0 Å². The molecule has 1 aliphatic rings. The smallest absolute Gasteiger partial charge is 0.344 e. The standard InChI is InChI=1S/C25H19NO7/c27-21(18-8-11-22-20(12-18)26-23(28)14-32-22)13-33-24(29)15-31-19-9-6-17(7-10-19)25(30)16-4-2-1-3-5-16/h1-12H,13-15H2,(H,26,28). The van der Waals surface area contributed by atoms with Gasteiger partial charge in [-0.3, -0.25) is 14.4 Å². The van der Waals surface area contributed by atoms with E-state index in [1.807, 2.05) is 6.07 Å². The Morgan fingerprint density at radius 2 is 1.55 bits per heavy atom. The number of Topliss-reactive ketones (excluding diaryl/α,β-unsaturated/α-hetero) is 1. The number of ether oxygens (including phenoxy) is 3. The van der Waals surface area contributed by atoms with E-state index in [0.29, 0.717) is 28.3 Å². The second-order valence-corrected chi connectivity index (χ2v) is 7.14. The summed E-state index contributed by atoms with van der Waals surface area (Å²) in [5, 5.41) is 2.61. The van der Waals surface area contributed by atoms with E-state index in [1.165, 1.54) is 12.1 Å². The molecule has 33 heavy (non-hydrogen) atoms. The Morgan fingerprint density at radius 1 is 0.848 bits per heavy atom. The number of nitrogens with one attached hydrogen (secondary N) is 1. The molecule has 0 fully saturated rings. The fourth-order valence-corrected chi connectivity index (χ4v) is 3.13. The van der Waals surface area contributed by atoms with Gasteiger partial charge in [-0.1, -0.05) is 30.3 Å². The highest BCUT2D eigenvalue weighted by Gasteiger charge is 2.18. The molecule has 166 valence electrons. The molecule has 0 saturated carbocycles. The molecule has 0 spiro atoms. The fourth-order valence-electron chi connectivity index (χ4n) is 3.13. The molecule has 4 rings (SSSR count). The highest BCUT2D eigenvalue weighted by molar-refractivity contribution is 6.09. The SMILES string of the molecule is O=C1COc2ccc(C(=O)COC(=O)COc3ccc(C(=O)c4ccccc4)cc3)cc2N1. The van der Waals surface area contributed by atoms with Crippen LogP contribution in [-0.2, 0) is 14.3 Å². The van der Waals surface area contributed by atoms with Crippen LogP contribution in [0.15, 0.2) is 72.8 Å². The van der Waals surface area contributed by atoms with Crippen LogP contribution in [0.3, 0.4) is 0 Å². The zero-order valence-electron chi connectivity index (χ0n) is 17.4. The van der Waals surface area contributed by atoms with Crippen molar-refractivity contribution in [2.75, 3.05) is 25.1 Å². The van der Waals surface area contributed by atoms with Gasteiger partial charge in [-0.05, 0) is 42.5 Å². The Morgan fingerprint density at radius 3 is 2.30 bits per heavy atom. The van der Waals surface area contributed by atoms with Crippen molar-refractivity contribution < 1.29 is 33.4 Å². The summed E-state index contributed by atoms with van der Waals surface area (Å²) in [6.07, 6.45) is 0. The van der Waals surface area contributed by atoms with Gasteiger partial charge in [0, 0.05) is 16.7 Å². The first-order valence-corrected chi connectivity index (χ1v) is 10.1. The summed E-state index contributed by atoms with van der Waals surface area (Å²) in [4.78, 5) is 48.1. The number of rotatable bonds is 8. The maximum absolute atomic E-state index is 12.4. The Kier molecular flexibility index (Phi) is 6.45. The highest BCUT2D eigenvalue weighted by atomic mass is 16.6. The van der Waals surface area contributed by atoms with Crippen LogP contribution in [0.2, 0.25) is 0 Å². The largest absolute Gasteiger partial charge is 0.482 e. The van der Waals surface area contributed by atoms with Gasteiger partial charge >= 0.3 is 5.97 Å². The zero-order chi connectivity index (χ0) is 23.2. The molecule has 0 atom stereocenters. The van der Waals surface area contributed by atoms with Gasteiger partial charge in [-0.15, -0.1) is 0 Å². The molecular formula is C25H19NO7. The van der Waals surface area contributed by atoms with Crippen LogP contribution >= 0.6 is 0 Å². The normalized spacial score (nSPS) is 12.1. The summed E-state index contributed by atoms with van der Waals surface area (Å²) < 4.78 is 15.6. The number of hydrogen-bond acceptors (Lipinski definition) is 7. The number of anilines is 1. The second-order valence-electron chi connectivity index (χ2n) is 7.14. The molecule has 1 aliphatic heterocycles. The summed E-state index contributed by atoms with van der Waals surface area (Å²) >= 11 is 0. The van der Waals surface area contributed by atoms with Crippen molar-refractivity contribution in [1.29, 1.82) is 0 Å². The average molecular weight is 445 g/mol. The second kappa shape index (κ2) is 9.78. The summed E-state index contributed by atoms with van der Waals surface area (Å²) in [7, 11) is 0. The van der Waals surface area contributed by atoms with Crippen LogP contribution in [0.4, 0.5) is 5.69 Å². The van der Waals surface area contributed by atoms with Gasteiger partial charge in [-0.25, -0.2) is 4.79 Å². The van der Waals surface area contributed by atoms with Gasteiger partial charge in [0.25, 0.3) is 5.91 Å². The molecule has 1 heterocycles. The number of benzene rings is 3. The minimum Gasteiger partial charge on any atom is -0.482 e. The lowest BCUT2D eigenvalue weighted by molar-refractivity contribution is -0.144. The third kappa shape index (κ3) is 5.43. The van der Waals surface area contributed by atoms with Crippen molar-refractivity contribution in [1.82, 2.24) is 0 Å². The van der Waals surface area contributed by atoms with Crippen molar-refractivity contribution in [3.8, 4) is 11.5 Å². The van der Waals surface area contributed by atoms with E-state index in [-0.39, 0.29) is 23.9 Å². The van der Waals surface area contributed by atoms with Crippen LogP contribution in [0.1, 0.15) is 26.3 Å². The van der Waals surface area contributed by atoms with Crippen molar-refractivity contribution >= 4 is 29.1 Å². The van der Waals surface area contributed by atoms with Gasteiger partial charge in [0.15, 0.2) is 31.4 Å². The molecule has 8 nitrogen and oxygen atoms in total. The quantitative estimate of drug-likeness (QED) is 0.419. The number of carbonyl (C=O) groups is 4. The fraction of sp³-hybridized carbons (Fsp3) is 0.120. The van der Waals surface area contributed by atoms with E-state index in [0.717, 1.165) is 0 Å². The van der Waals surface area contributed by atoms with Crippen LogP contribution in [0, 0.1) is 0 Å². The lowest BCUT2D eigenvalue weighted by Gasteiger charge is -2.18.